The summed E-state index contributed by atoms with van der Waals surface area (Å²) in [6.45, 7) is 16.1. The summed E-state index contributed by atoms with van der Waals surface area (Å²) in [5.74, 6) is 0.524. The summed E-state index contributed by atoms with van der Waals surface area (Å²) in [7, 11) is 0. The Morgan fingerprint density at radius 3 is 1.76 bits per heavy atom. The smallest absolute Gasteiger partial charge is 0.187 e. The van der Waals surface area contributed by atoms with Gasteiger partial charge in [-0.1, -0.05) is 53.7 Å². The third-order valence-corrected chi connectivity index (χ3v) is 22.1. The van der Waals surface area contributed by atoms with Gasteiger partial charge in [0.2, 0.25) is 0 Å². The van der Waals surface area contributed by atoms with E-state index >= 15 is 0 Å². The average Bonchev–Trinajstić information content (AvgIpc) is 3.63. The van der Waals surface area contributed by atoms with Gasteiger partial charge in [0.1, 0.15) is 85.5 Å². The molecule has 4 saturated carbocycles. The molecule has 0 aromatic carbocycles. The quantitative estimate of drug-likeness (QED) is 0.0915. The third-order valence-electron chi connectivity index (χ3n) is 22.1. The van der Waals surface area contributed by atoms with Crippen molar-refractivity contribution in [1.82, 2.24) is 0 Å². The molecule has 21 nitrogen and oxygen atoms in total. The van der Waals surface area contributed by atoms with E-state index < -0.39 is 148 Å². The Hall–Kier alpha value is -1.10. The van der Waals surface area contributed by atoms with Crippen LogP contribution in [0.5, 0.6) is 0 Å². The highest BCUT2D eigenvalue weighted by molar-refractivity contribution is 5.35. The number of aliphatic hydroxyl groups is 12. The lowest BCUT2D eigenvalue weighted by atomic mass is 9.32. The molecular weight excluding hydrogens is 985 g/mol. The van der Waals surface area contributed by atoms with Crippen LogP contribution < -0.4 is 0 Å². The van der Waals surface area contributed by atoms with E-state index in [1.165, 1.54) is 19.8 Å². The molecular formula is C54H88O21. The number of hydrogen-bond acceptors (Lipinski definition) is 21. The number of allylic oxidation sites excluding steroid dienone is 1. The minimum atomic E-state index is -1.99. The fraction of sp³-hybridized carbons (Fsp3) is 0.963. The van der Waals surface area contributed by atoms with Crippen LogP contribution in [0.1, 0.15) is 113 Å². The van der Waals surface area contributed by atoms with Gasteiger partial charge in [0.15, 0.2) is 25.2 Å². The monoisotopic (exact) mass is 1070 g/mol. The Labute approximate surface area is 439 Å². The van der Waals surface area contributed by atoms with Crippen LogP contribution in [-0.2, 0) is 42.6 Å². The van der Waals surface area contributed by atoms with E-state index in [2.05, 4.69) is 46.8 Å². The highest BCUT2D eigenvalue weighted by Gasteiger charge is 2.77. The first kappa shape index (κ1) is 57.1. The Morgan fingerprint density at radius 2 is 1.09 bits per heavy atom. The average molecular weight is 1070 g/mol. The van der Waals surface area contributed by atoms with Crippen molar-refractivity contribution < 1.29 is 104 Å². The maximum atomic E-state index is 12.0. The number of ether oxygens (including phenoxy) is 9. The molecule has 1 spiro atoms. The van der Waals surface area contributed by atoms with Crippen molar-refractivity contribution in [3.8, 4) is 0 Å². The minimum Gasteiger partial charge on any atom is -0.396 e. The minimum absolute atomic E-state index is 0.0621. The van der Waals surface area contributed by atoms with E-state index in [1.54, 1.807) is 6.92 Å². The summed E-state index contributed by atoms with van der Waals surface area (Å²) < 4.78 is 56.6. The highest BCUT2D eigenvalue weighted by atomic mass is 16.8. The topological polar surface area (TPSA) is 326 Å². The summed E-state index contributed by atoms with van der Waals surface area (Å²) in [6, 6.07) is 0. The second-order valence-electron chi connectivity index (χ2n) is 26.5. The molecule has 5 saturated heterocycles. The van der Waals surface area contributed by atoms with Gasteiger partial charge in [0.05, 0.1) is 50.3 Å². The summed E-state index contributed by atoms with van der Waals surface area (Å²) in [4.78, 5) is 0. The van der Waals surface area contributed by atoms with Gasteiger partial charge in [0.25, 0.3) is 0 Å². The summed E-state index contributed by atoms with van der Waals surface area (Å²) in [5, 5.41) is 132. The Bertz CT molecular complexity index is 2070. The molecule has 75 heavy (non-hydrogen) atoms. The van der Waals surface area contributed by atoms with Gasteiger partial charge >= 0.3 is 0 Å². The molecule has 0 unspecified atom stereocenters. The van der Waals surface area contributed by atoms with Crippen LogP contribution in [-0.4, -0.2) is 222 Å². The molecule has 21 heteroatoms. The van der Waals surface area contributed by atoms with E-state index in [4.69, 9.17) is 42.6 Å². The SMILES string of the molecule is C[C@@H]1O[C@@H](O[C@H]2[C@H](O)[C@@H](O)[C@H](O[C@H]3[C@@H](O)[C@@H](C)O[C@@H](O[C@@H]4CC[C@]5(C)[C@H](CC[C@]6(C)[C@@H]5C=C[C@@]57OC[C@@]8(CCC(C)(C)C[C@@H]85)CC[C@@]67C)[C@]4(C)CO)[C@@H]3O[C@@H]3O[C@H](CO)[C@@H](O)[C@H](O)[C@H]3O)O[C@@H]2CO)[C@H](O)[C@H](O)[C@H]1O. The molecule has 10 aliphatic rings. The normalized spacial score (nSPS) is 58.3. The second-order valence-corrected chi connectivity index (χ2v) is 26.5. The van der Waals surface area contributed by atoms with Crippen molar-refractivity contribution in [3.63, 3.8) is 0 Å². The first-order valence-electron chi connectivity index (χ1n) is 27.7. The number of fused-ring (bicyclic) bond motifs is 4. The van der Waals surface area contributed by atoms with Gasteiger partial charge < -0.3 is 104 Å². The number of rotatable bonds is 11. The van der Waals surface area contributed by atoms with Gasteiger partial charge in [0, 0.05) is 16.7 Å². The predicted octanol–water partition coefficient (Wildman–Crippen LogP) is -0.518. The zero-order valence-electron chi connectivity index (χ0n) is 44.7. The zero-order chi connectivity index (χ0) is 54.3. The molecule has 5 aliphatic carbocycles. The molecule has 430 valence electrons. The van der Waals surface area contributed by atoms with Crippen molar-refractivity contribution in [2.24, 2.45) is 50.2 Å². The lowest BCUT2D eigenvalue weighted by Crippen LogP contribution is -2.71. The maximum absolute atomic E-state index is 12.0. The van der Waals surface area contributed by atoms with Crippen molar-refractivity contribution in [2.45, 2.75) is 248 Å². The summed E-state index contributed by atoms with van der Waals surface area (Å²) in [5.41, 5.74) is -1.37. The second kappa shape index (κ2) is 20.1. The van der Waals surface area contributed by atoms with Crippen LogP contribution >= 0.6 is 0 Å². The van der Waals surface area contributed by atoms with Gasteiger partial charge in [-0.3, -0.25) is 0 Å². The molecule has 12 N–H and O–H groups in total. The molecule has 0 aromatic rings. The van der Waals surface area contributed by atoms with Crippen molar-refractivity contribution in [1.29, 1.82) is 0 Å². The molecule has 30 atom stereocenters. The fourth-order valence-electron chi connectivity index (χ4n) is 17.1. The summed E-state index contributed by atoms with van der Waals surface area (Å²) >= 11 is 0. The Balaban J connectivity index is 0.932. The molecule has 0 amide bonds. The fourth-order valence-corrected chi connectivity index (χ4v) is 17.1. The van der Waals surface area contributed by atoms with Gasteiger partial charge in [-0.05, 0) is 105 Å². The Morgan fingerprint density at radius 1 is 0.520 bits per heavy atom. The highest BCUT2D eigenvalue weighted by Crippen LogP contribution is 2.79. The van der Waals surface area contributed by atoms with E-state index in [-0.39, 0.29) is 51.1 Å². The first-order valence-corrected chi connectivity index (χ1v) is 27.7. The van der Waals surface area contributed by atoms with Crippen LogP contribution in [0.2, 0.25) is 0 Å². The standard InChI is InChI=1S/C54H88O21/c1-24-32(58)35(61)38(64)44(68-24)73-41-27(21-56)71-46(40(66)37(41)63)74-42-33(59)25(2)69-47(43(42)75-45-39(65)36(62)34(60)26(20-55)70-45)72-31-11-12-49(5)28(50(31,6)22-57)9-13-51(7)29(49)10-14-54-30-19-48(3,4)15-17-53(30,23-67-54)18-16-52(51,54)8/h10,14,24-47,55-66H,9,11-13,15-23H2,1-8H3/t24-,25+,26+,27+,28-,29+,30-,31+,32-,33-,34+,35+,36-,37+,38+,39+,40+,41+,42-,43+,44-,45-,46-,47-,49+,50-,51+,52-,53+,54+/m0/s1. The number of hydrogen-bond donors (Lipinski definition) is 12. The van der Waals surface area contributed by atoms with Crippen LogP contribution in [0.4, 0.5) is 0 Å². The van der Waals surface area contributed by atoms with Crippen LogP contribution in [0.25, 0.3) is 0 Å². The van der Waals surface area contributed by atoms with Crippen molar-refractivity contribution in [2.75, 3.05) is 26.4 Å². The van der Waals surface area contributed by atoms with E-state index in [1.807, 2.05) is 6.92 Å². The van der Waals surface area contributed by atoms with Crippen LogP contribution in [0, 0.1) is 50.2 Å². The maximum Gasteiger partial charge on any atom is 0.187 e. The number of aliphatic hydroxyl groups excluding tert-OH is 12. The molecule has 0 aromatic heterocycles. The van der Waals surface area contributed by atoms with Gasteiger partial charge in [-0.2, -0.15) is 0 Å². The van der Waals surface area contributed by atoms with E-state index in [9.17, 15) is 61.3 Å². The van der Waals surface area contributed by atoms with Crippen LogP contribution in [0.3, 0.4) is 0 Å². The summed E-state index contributed by atoms with van der Waals surface area (Å²) in [6.07, 6.45) is -19.8. The lowest BCUT2D eigenvalue weighted by Gasteiger charge is -2.73. The van der Waals surface area contributed by atoms with Crippen LogP contribution in [0.15, 0.2) is 12.2 Å². The zero-order valence-corrected chi connectivity index (χ0v) is 44.7. The van der Waals surface area contributed by atoms with Gasteiger partial charge in [-0.15, -0.1) is 0 Å². The molecule has 9 fully saturated rings. The molecule has 0 radical (unpaired) electrons. The van der Waals surface area contributed by atoms with Gasteiger partial charge in [-0.25, -0.2) is 0 Å². The predicted molar refractivity (Wildman–Crippen MR) is 259 cm³/mol. The lowest BCUT2D eigenvalue weighted by molar-refractivity contribution is -0.403. The van der Waals surface area contributed by atoms with Crippen molar-refractivity contribution in [3.05, 3.63) is 12.2 Å². The van der Waals surface area contributed by atoms with E-state index in [0.29, 0.717) is 18.8 Å². The third kappa shape index (κ3) is 8.64. The first-order chi connectivity index (χ1) is 35.2. The molecule has 2 bridgehead atoms. The molecule has 10 rings (SSSR count). The Kier molecular flexibility index (Phi) is 15.3. The van der Waals surface area contributed by atoms with E-state index in [0.717, 1.165) is 38.7 Å². The van der Waals surface area contributed by atoms with Crippen molar-refractivity contribution >= 4 is 0 Å². The molecule has 5 heterocycles. The molecule has 5 aliphatic heterocycles. The largest absolute Gasteiger partial charge is 0.396 e.